The van der Waals surface area contributed by atoms with Crippen LogP contribution in [-0.2, 0) is 17.5 Å². The van der Waals surface area contributed by atoms with Crippen LogP contribution in [-0.4, -0.2) is 70.6 Å². The molecule has 1 aromatic heterocycles. The zero-order valence-electron chi connectivity index (χ0n) is 22.3. The van der Waals surface area contributed by atoms with Gasteiger partial charge in [0.15, 0.2) is 11.6 Å². The van der Waals surface area contributed by atoms with E-state index in [1.165, 1.54) is 35.3 Å². The molecule has 1 aromatic carbocycles. The molecule has 2 aliphatic rings. The van der Waals surface area contributed by atoms with E-state index in [0.29, 0.717) is 11.4 Å². The lowest BCUT2D eigenvalue weighted by atomic mass is 9.77. The highest BCUT2D eigenvalue weighted by Gasteiger charge is 2.43. The van der Waals surface area contributed by atoms with Gasteiger partial charge in [-0.1, -0.05) is 12.1 Å². The molecule has 2 heterocycles. The van der Waals surface area contributed by atoms with E-state index < -0.39 is 29.1 Å². The molecule has 2 aromatic rings. The zero-order valence-corrected chi connectivity index (χ0v) is 23.1. The van der Waals surface area contributed by atoms with Crippen LogP contribution in [0.15, 0.2) is 30.6 Å². The van der Waals surface area contributed by atoms with Crippen molar-refractivity contribution in [1.29, 1.82) is 0 Å². The van der Waals surface area contributed by atoms with Gasteiger partial charge in [-0.15, -0.1) is 0 Å². The molecule has 41 heavy (non-hydrogen) atoms. The molecule has 0 bridgehead atoms. The van der Waals surface area contributed by atoms with E-state index in [-0.39, 0.29) is 62.6 Å². The Morgan fingerprint density at radius 1 is 1.17 bits per heavy atom. The number of alkyl halides is 3. The molecule has 4 rings (SSSR count). The van der Waals surface area contributed by atoms with E-state index in [9.17, 15) is 27.9 Å². The second-order valence-corrected chi connectivity index (χ2v) is 10.8. The third-order valence-electron chi connectivity index (χ3n) is 7.19. The summed E-state index contributed by atoms with van der Waals surface area (Å²) in [5.74, 6) is -0.701. The average molecular weight is 601 g/mol. The Hall–Kier alpha value is -3.37. The first-order valence-electron chi connectivity index (χ1n) is 13.0. The van der Waals surface area contributed by atoms with Gasteiger partial charge in [0.25, 0.3) is 0 Å². The lowest BCUT2D eigenvalue weighted by Crippen LogP contribution is -2.54. The van der Waals surface area contributed by atoms with E-state index >= 15 is 4.39 Å². The molecule has 0 spiro atoms. The topological polar surface area (TPSA) is 135 Å². The van der Waals surface area contributed by atoms with Gasteiger partial charge in [-0.05, 0) is 62.4 Å². The van der Waals surface area contributed by atoms with Crippen LogP contribution >= 0.6 is 11.9 Å². The highest BCUT2D eigenvalue weighted by Crippen LogP contribution is 2.37. The number of aromatic nitrogens is 2. The van der Waals surface area contributed by atoms with E-state index in [1.54, 1.807) is 11.9 Å². The van der Waals surface area contributed by atoms with Crippen LogP contribution in [0.5, 0.6) is 0 Å². The normalized spacial score (nSPS) is 16.8. The Bertz CT molecular complexity index is 1210. The van der Waals surface area contributed by atoms with Crippen molar-refractivity contribution in [2.45, 2.75) is 44.4 Å². The van der Waals surface area contributed by atoms with Crippen molar-refractivity contribution < 1.29 is 32.3 Å². The molecule has 1 aliphatic heterocycles. The quantitative estimate of drug-likeness (QED) is 0.0811. The Balaban J connectivity index is 1.50. The monoisotopic (exact) mass is 600 g/mol. The Kier molecular flexibility index (Phi) is 9.76. The molecular formula is C25H32F4N8O3S. The minimum atomic E-state index is -4.45. The second-order valence-electron chi connectivity index (χ2n) is 10.0. The standard InChI is InChI=1S/C25H32F4N8O3S/c1-30-15-41-35-34-22(38)24(8-10-36(11-9-24)23(39)40)13-31-20-19(26)21(33-14-32-20)37(18-6-7-18)12-16-2-4-17(5-3-16)25(27,28)29/h2-5,14,18,30,35H,6-13,15H2,1H3,(H,34,38)(H,39,40)(H,31,32,33). The number of benzene rings is 1. The SMILES string of the molecule is CNCSNNC(=O)C1(CNc2ncnc(N(Cc3ccc(C(F)(F)F)cc3)C3CC3)c2F)CCN(C(=O)O)CC1. The van der Waals surface area contributed by atoms with Gasteiger partial charge >= 0.3 is 12.3 Å². The van der Waals surface area contributed by atoms with Crippen molar-refractivity contribution >= 4 is 35.6 Å². The Morgan fingerprint density at radius 3 is 2.44 bits per heavy atom. The van der Waals surface area contributed by atoms with Gasteiger partial charge in [0, 0.05) is 32.2 Å². The molecular weight excluding hydrogens is 568 g/mol. The van der Waals surface area contributed by atoms with Crippen molar-refractivity contribution in [2.24, 2.45) is 5.41 Å². The van der Waals surface area contributed by atoms with Crippen LogP contribution < -0.4 is 25.8 Å². The lowest BCUT2D eigenvalue weighted by Gasteiger charge is -2.39. The molecule has 1 saturated carbocycles. The van der Waals surface area contributed by atoms with Gasteiger partial charge in [-0.25, -0.2) is 14.8 Å². The lowest BCUT2D eigenvalue weighted by molar-refractivity contribution is -0.137. The summed E-state index contributed by atoms with van der Waals surface area (Å²) in [6, 6.07) is 4.70. The first-order chi connectivity index (χ1) is 19.5. The number of hydrogen-bond acceptors (Lipinski definition) is 9. The number of carboxylic acid groups (broad SMARTS) is 1. The van der Waals surface area contributed by atoms with Crippen molar-refractivity contribution in [3.05, 3.63) is 47.5 Å². The number of carbonyl (C=O) groups is 2. The van der Waals surface area contributed by atoms with Crippen LogP contribution in [0.1, 0.15) is 36.8 Å². The predicted octanol–water partition coefficient (Wildman–Crippen LogP) is 3.42. The number of carbonyl (C=O) groups excluding carboxylic acids is 1. The number of nitrogens with zero attached hydrogens (tertiary/aromatic N) is 4. The largest absolute Gasteiger partial charge is 0.465 e. The number of rotatable bonds is 12. The molecule has 2 amide bonds. The molecule has 16 heteroatoms. The number of nitrogens with one attached hydrogen (secondary N) is 4. The number of hydrazine groups is 1. The molecule has 0 unspecified atom stereocenters. The number of amides is 2. The van der Waals surface area contributed by atoms with Crippen LogP contribution in [0.25, 0.3) is 0 Å². The first-order valence-corrected chi connectivity index (χ1v) is 14.0. The van der Waals surface area contributed by atoms with Crippen molar-refractivity contribution in [1.82, 2.24) is 30.4 Å². The third-order valence-corrected chi connectivity index (χ3v) is 7.86. The minimum Gasteiger partial charge on any atom is -0.465 e. The highest BCUT2D eigenvalue weighted by molar-refractivity contribution is 7.97. The fourth-order valence-corrected chi connectivity index (χ4v) is 5.01. The number of likely N-dealkylation sites (tertiary alicyclic amines) is 1. The summed E-state index contributed by atoms with van der Waals surface area (Å²) in [5.41, 5.74) is 1.40. The van der Waals surface area contributed by atoms with Gasteiger partial charge < -0.3 is 25.5 Å². The van der Waals surface area contributed by atoms with Crippen molar-refractivity contribution in [3.8, 4) is 0 Å². The van der Waals surface area contributed by atoms with Gasteiger partial charge in [0.05, 0.1) is 16.9 Å². The highest BCUT2D eigenvalue weighted by atomic mass is 32.2. The van der Waals surface area contributed by atoms with Gasteiger partial charge in [0.2, 0.25) is 11.7 Å². The maximum Gasteiger partial charge on any atom is 0.416 e. The number of halogens is 4. The maximum atomic E-state index is 15.8. The molecule has 224 valence electrons. The van der Waals surface area contributed by atoms with Crippen LogP contribution in [0, 0.1) is 11.2 Å². The van der Waals surface area contributed by atoms with Gasteiger partial charge in [0.1, 0.15) is 6.33 Å². The van der Waals surface area contributed by atoms with Crippen LogP contribution in [0.3, 0.4) is 0 Å². The molecule has 2 fully saturated rings. The fraction of sp³-hybridized carbons (Fsp3) is 0.520. The van der Waals surface area contributed by atoms with Crippen LogP contribution in [0.2, 0.25) is 0 Å². The summed E-state index contributed by atoms with van der Waals surface area (Å²) in [6.45, 7) is 0.409. The summed E-state index contributed by atoms with van der Waals surface area (Å²) in [7, 11) is 1.75. The molecule has 5 N–H and O–H groups in total. The predicted molar refractivity (Wildman–Crippen MR) is 145 cm³/mol. The second kappa shape index (κ2) is 13.1. The van der Waals surface area contributed by atoms with E-state index in [0.717, 1.165) is 25.0 Å². The minimum absolute atomic E-state index is 0.00854. The Labute approximate surface area is 238 Å². The van der Waals surface area contributed by atoms with Crippen LogP contribution in [0.4, 0.5) is 34.0 Å². The smallest absolute Gasteiger partial charge is 0.416 e. The summed E-state index contributed by atoms with van der Waals surface area (Å²) in [6.07, 6.45) is -2.35. The van der Waals surface area contributed by atoms with E-state index in [1.807, 2.05) is 0 Å². The summed E-state index contributed by atoms with van der Waals surface area (Å²) in [5, 5.41) is 15.2. The van der Waals surface area contributed by atoms with Gasteiger partial charge in [-0.3, -0.25) is 10.2 Å². The molecule has 1 saturated heterocycles. The zero-order chi connectivity index (χ0) is 29.6. The molecule has 1 aliphatic carbocycles. The van der Waals surface area contributed by atoms with E-state index in [4.69, 9.17) is 0 Å². The summed E-state index contributed by atoms with van der Waals surface area (Å²) in [4.78, 5) is 38.5. The summed E-state index contributed by atoms with van der Waals surface area (Å²) < 4.78 is 54.7. The van der Waals surface area contributed by atoms with Gasteiger partial charge in [-0.2, -0.15) is 22.4 Å². The number of hydrogen-bond donors (Lipinski definition) is 5. The maximum absolute atomic E-state index is 15.8. The Morgan fingerprint density at radius 2 is 1.85 bits per heavy atom. The molecule has 0 radical (unpaired) electrons. The van der Waals surface area contributed by atoms with Crippen molar-refractivity contribution in [2.75, 3.05) is 42.8 Å². The average Bonchev–Trinajstić information content (AvgIpc) is 3.79. The van der Waals surface area contributed by atoms with Crippen molar-refractivity contribution in [3.63, 3.8) is 0 Å². The third kappa shape index (κ3) is 7.68. The fourth-order valence-electron chi connectivity index (χ4n) is 4.63. The number of anilines is 2. The number of piperidine rings is 1. The summed E-state index contributed by atoms with van der Waals surface area (Å²) >= 11 is 1.22. The molecule has 11 nitrogen and oxygen atoms in total. The van der Waals surface area contributed by atoms with E-state index in [2.05, 4.69) is 30.9 Å². The molecule has 0 atom stereocenters. The first kappa shape index (κ1) is 30.6.